The Morgan fingerprint density at radius 3 is 2.68 bits per heavy atom. The number of benzene rings is 2. The first kappa shape index (κ1) is 21.4. The van der Waals surface area contributed by atoms with Crippen molar-refractivity contribution < 1.29 is 18.7 Å². The van der Waals surface area contributed by atoms with Crippen molar-refractivity contribution in [2.45, 2.75) is 32.9 Å². The van der Waals surface area contributed by atoms with Crippen molar-refractivity contribution in [3.8, 4) is 5.75 Å². The van der Waals surface area contributed by atoms with Gasteiger partial charge in [-0.1, -0.05) is 36.7 Å². The first-order chi connectivity index (χ1) is 13.4. The second kappa shape index (κ2) is 10.4. The van der Waals surface area contributed by atoms with Gasteiger partial charge in [0.1, 0.15) is 18.2 Å². The smallest absolute Gasteiger partial charge is 0.329 e. The summed E-state index contributed by atoms with van der Waals surface area (Å²) in [4.78, 5) is 23.2. The highest BCUT2D eigenvalue weighted by atomic mass is 35.5. The number of carbonyl (C=O) groups excluding carboxylic acids is 2. The van der Waals surface area contributed by atoms with Crippen LogP contribution in [0.25, 0.3) is 0 Å². The quantitative estimate of drug-likeness (QED) is 0.421. The molecule has 2 rings (SSSR count). The molecule has 6 nitrogen and oxygen atoms in total. The fourth-order valence-electron chi connectivity index (χ4n) is 2.09. The van der Waals surface area contributed by atoms with Gasteiger partial charge in [0.2, 0.25) is 0 Å². The van der Waals surface area contributed by atoms with Gasteiger partial charge in [0.25, 0.3) is 0 Å². The molecule has 0 saturated carbocycles. The van der Waals surface area contributed by atoms with Crippen LogP contribution in [0.1, 0.15) is 31.4 Å². The fraction of sp³-hybridized carbons (Fsp3) is 0.250. The lowest BCUT2D eigenvalue weighted by atomic mass is 10.2. The van der Waals surface area contributed by atoms with Crippen molar-refractivity contribution in [1.82, 2.24) is 10.7 Å². The molecule has 0 fully saturated rings. The summed E-state index contributed by atoms with van der Waals surface area (Å²) in [6, 6.07) is 11.1. The molecule has 0 aliphatic rings. The van der Waals surface area contributed by atoms with Gasteiger partial charge in [0.05, 0.1) is 11.2 Å². The van der Waals surface area contributed by atoms with Crippen LogP contribution in [0.2, 0.25) is 5.02 Å². The van der Waals surface area contributed by atoms with Gasteiger partial charge < -0.3 is 10.1 Å². The minimum atomic E-state index is -0.854. The molecule has 0 radical (unpaired) electrons. The van der Waals surface area contributed by atoms with Gasteiger partial charge in [-0.3, -0.25) is 9.59 Å². The van der Waals surface area contributed by atoms with Crippen LogP contribution in [-0.2, 0) is 16.2 Å². The lowest BCUT2D eigenvalue weighted by Crippen LogP contribution is -2.41. The second-order valence-electron chi connectivity index (χ2n) is 6.05. The van der Waals surface area contributed by atoms with Gasteiger partial charge in [-0.25, -0.2) is 9.82 Å². The predicted molar refractivity (Wildman–Crippen MR) is 106 cm³/mol. The molecule has 0 spiro atoms. The van der Waals surface area contributed by atoms with E-state index in [0.717, 1.165) is 0 Å². The van der Waals surface area contributed by atoms with Gasteiger partial charge in [-0.2, -0.15) is 5.10 Å². The molecule has 0 heterocycles. The van der Waals surface area contributed by atoms with Gasteiger partial charge in [-0.15, -0.1) is 0 Å². The first-order valence-corrected chi connectivity index (χ1v) is 9.08. The summed E-state index contributed by atoms with van der Waals surface area (Å²) in [5, 5.41) is 6.58. The number of hydrazone groups is 1. The van der Waals surface area contributed by atoms with Crippen molar-refractivity contribution in [3.05, 3.63) is 64.4 Å². The summed E-state index contributed by atoms with van der Waals surface area (Å²) in [5.74, 6) is -1.57. The molecule has 2 N–H and O–H groups in total. The van der Waals surface area contributed by atoms with Gasteiger partial charge >= 0.3 is 11.8 Å². The van der Waals surface area contributed by atoms with Crippen molar-refractivity contribution in [2.75, 3.05) is 0 Å². The summed E-state index contributed by atoms with van der Waals surface area (Å²) < 4.78 is 19.2. The summed E-state index contributed by atoms with van der Waals surface area (Å²) in [6.07, 6.45) is 2.06. The van der Waals surface area contributed by atoms with Crippen LogP contribution in [0.4, 0.5) is 4.39 Å². The van der Waals surface area contributed by atoms with Gasteiger partial charge in [-0.05, 0) is 43.2 Å². The zero-order chi connectivity index (χ0) is 20.5. The molecular formula is C20H21ClFN3O3. The highest BCUT2D eigenvalue weighted by molar-refractivity contribution is 6.35. The third kappa shape index (κ3) is 6.35. The molecule has 0 saturated heterocycles. The molecule has 148 valence electrons. The molecule has 0 aliphatic heterocycles. The summed E-state index contributed by atoms with van der Waals surface area (Å²) in [5.41, 5.74) is 3.16. The average Bonchev–Trinajstić information content (AvgIpc) is 2.68. The minimum absolute atomic E-state index is 0.0428. The van der Waals surface area contributed by atoms with Crippen molar-refractivity contribution in [3.63, 3.8) is 0 Å². The Kier molecular flexibility index (Phi) is 7.95. The molecule has 2 amide bonds. The molecule has 0 bridgehead atoms. The second-order valence-corrected chi connectivity index (χ2v) is 6.46. The number of hydrogen-bond donors (Lipinski definition) is 2. The topological polar surface area (TPSA) is 79.8 Å². The van der Waals surface area contributed by atoms with E-state index >= 15 is 0 Å². The third-order valence-corrected chi connectivity index (χ3v) is 4.17. The van der Waals surface area contributed by atoms with E-state index in [1.165, 1.54) is 12.3 Å². The predicted octanol–water partition coefficient (Wildman–Crippen LogP) is 3.42. The van der Waals surface area contributed by atoms with Crippen molar-refractivity contribution in [1.29, 1.82) is 0 Å². The van der Waals surface area contributed by atoms with Crippen LogP contribution in [0.5, 0.6) is 5.75 Å². The third-order valence-electron chi connectivity index (χ3n) is 3.87. The van der Waals surface area contributed by atoms with E-state index in [0.29, 0.717) is 28.3 Å². The van der Waals surface area contributed by atoms with E-state index in [1.54, 1.807) is 43.3 Å². The Bertz CT molecular complexity index is 874. The van der Waals surface area contributed by atoms with E-state index in [4.69, 9.17) is 16.3 Å². The number of carbonyl (C=O) groups is 2. The summed E-state index contributed by atoms with van der Waals surface area (Å²) in [7, 11) is 0. The molecule has 28 heavy (non-hydrogen) atoms. The van der Waals surface area contributed by atoms with E-state index in [2.05, 4.69) is 15.8 Å². The Morgan fingerprint density at radius 2 is 2.00 bits per heavy atom. The Labute approximate surface area is 167 Å². The zero-order valence-corrected chi connectivity index (χ0v) is 16.3. The number of halogens is 2. The largest absolute Gasteiger partial charge is 0.487 e. The fourth-order valence-corrected chi connectivity index (χ4v) is 2.34. The monoisotopic (exact) mass is 405 g/mol. The van der Waals surface area contributed by atoms with Crippen LogP contribution >= 0.6 is 11.6 Å². The number of hydrogen-bond acceptors (Lipinski definition) is 4. The number of ether oxygens (including phenoxy) is 1. The summed E-state index contributed by atoms with van der Waals surface area (Å²) >= 11 is 6.17. The van der Waals surface area contributed by atoms with Crippen LogP contribution in [0, 0.1) is 5.82 Å². The SMILES string of the molecule is CC[C@H](C)NC(=O)C(=O)N/N=C\c1ccc(OCc2ccccc2F)c(Cl)c1. The van der Waals surface area contributed by atoms with E-state index in [1.807, 2.05) is 6.92 Å². The number of nitrogens with zero attached hydrogens (tertiary/aromatic N) is 1. The molecular weight excluding hydrogens is 385 g/mol. The van der Waals surface area contributed by atoms with Crippen molar-refractivity contribution >= 4 is 29.6 Å². The van der Waals surface area contributed by atoms with E-state index < -0.39 is 11.8 Å². The zero-order valence-electron chi connectivity index (χ0n) is 15.5. The Balaban J connectivity index is 1.91. The number of amides is 2. The van der Waals surface area contributed by atoms with Gasteiger partial charge in [0, 0.05) is 11.6 Å². The normalized spacial score (nSPS) is 11.9. The number of nitrogens with one attached hydrogen (secondary N) is 2. The Hall–Kier alpha value is -2.93. The van der Waals surface area contributed by atoms with Crippen LogP contribution in [0.15, 0.2) is 47.6 Å². The maximum Gasteiger partial charge on any atom is 0.329 e. The lowest BCUT2D eigenvalue weighted by molar-refractivity contribution is -0.139. The maximum atomic E-state index is 13.6. The van der Waals surface area contributed by atoms with Crippen LogP contribution in [-0.4, -0.2) is 24.1 Å². The molecule has 0 unspecified atom stereocenters. The minimum Gasteiger partial charge on any atom is -0.487 e. The molecule has 0 aromatic heterocycles. The van der Waals surface area contributed by atoms with Crippen LogP contribution in [0.3, 0.4) is 0 Å². The highest BCUT2D eigenvalue weighted by Crippen LogP contribution is 2.26. The molecule has 2 aromatic rings. The highest BCUT2D eigenvalue weighted by Gasteiger charge is 2.14. The van der Waals surface area contributed by atoms with E-state index in [-0.39, 0.29) is 18.5 Å². The molecule has 2 aromatic carbocycles. The molecule has 0 aliphatic carbocycles. The average molecular weight is 406 g/mol. The van der Waals surface area contributed by atoms with Crippen molar-refractivity contribution in [2.24, 2.45) is 5.10 Å². The van der Waals surface area contributed by atoms with Crippen LogP contribution < -0.4 is 15.5 Å². The summed E-state index contributed by atoms with van der Waals surface area (Å²) in [6.45, 7) is 3.74. The van der Waals surface area contributed by atoms with E-state index in [9.17, 15) is 14.0 Å². The first-order valence-electron chi connectivity index (χ1n) is 8.70. The standard InChI is InChI=1S/C20H21ClFN3O3/c1-3-13(2)24-19(26)20(27)25-23-11-14-8-9-18(16(21)10-14)28-12-15-6-4-5-7-17(15)22/h4-11,13H,3,12H2,1-2H3,(H,24,26)(H,25,27)/b23-11-/t13-/m0/s1. The number of rotatable bonds is 7. The molecule has 8 heteroatoms. The Morgan fingerprint density at radius 1 is 1.25 bits per heavy atom. The maximum absolute atomic E-state index is 13.6. The van der Waals surface area contributed by atoms with Gasteiger partial charge in [0.15, 0.2) is 0 Å². The lowest BCUT2D eigenvalue weighted by Gasteiger charge is -2.10. The molecule has 1 atom stereocenters.